The summed E-state index contributed by atoms with van der Waals surface area (Å²) in [6, 6.07) is 9.65. The molecule has 6 nitrogen and oxygen atoms in total. The fourth-order valence-corrected chi connectivity index (χ4v) is 4.74. The molecule has 27 heavy (non-hydrogen) atoms. The monoisotopic (exact) mass is 376 g/mol. The molecule has 0 saturated carbocycles. The van der Waals surface area contributed by atoms with Gasteiger partial charge in [0.05, 0.1) is 27.8 Å². The number of benzene rings is 1. The topological polar surface area (TPSA) is 83.0 Å². The molecule has 3 aromatic heterocycles. The summed E-state index contributed by atoms with van der Waals surface area (Å²) in [7, 11) is 1.90. The van der Waals surface area contributed by atoms with Crippen LogP contribution >= 0.6 is 11.3 Å². The summed E-state index contributed by atoms with van der Waals surface area (Å²) in [5.74, 6) is 0.282. The highest BCUT2D eigenvalue weighted by atomic mass is 32.1. The lowest BCUT2D eigenvalue weighted by Crippen LogP contribution is -2.13. The highest BCUT2D eigenvalue weighted by molar-refractivity contribution is 7.16. The molecular formula is C20H16N4O2S. The van der Waals surface area contributed by atoms with Gasteiger partial charge in [-0.15, -0.1) is 0 Å². The Balaban J connectivity index is 1.66. The number of fused-ring (bicyclic) bond motifs is 4. The van der Waals surface area contributed by atoms with E-state index in [0.717, 1.165) is 46.1 Å². The average molecular weight is 376 g/mol. The minimum atomic E-state index is -0.417. The number of carbonyl (C=O) groups excluding carboxylic acids is 1. The molecule has 5 rings (SSSR count). The Labute approximate surface area is 159 Å². The first-order chi connectivity index (χ1) is 13.1. The molecule has 0 saturated heterocycles. The maximum Gasteiger partial charge on any atom is 0.259 e. The number of aromatic nitrogens is 3. The minimum absolute atomic E-state index is 0.417. The van der Waals surface area contributed by atoms with Crippen molar-refractivity contribution in [1.29, 1.82) is 0 Å². The first kappa shape index (κ1) is 16.0. The number of carbonyl (C=O) groups is 1. The second-order valence-electron chi connectivity index (χ2n) is 6.54. The smallest absolute Gasteiger partial charge is 0.259 e. The Hall–Kier alpha value is -3.19. The molecule has 3 heterocycles. The van der Waals surface area contributed by atoms with Crippen LogP contribution in [0.4, 0.5) is 0 Å². The van der Waals surface area contributed by atoms with Crippen molar-refractivity contribution in [3.05, 3.63) is 58.7 Å². The lowest BCUT2D eigenvalue weighted by molar-refractivity contribution is 0.100. The number of hydrogen-bond donors (Lipinski definition) is 1. The summed E-state index contributed by atoms with van der Waals surface area (Å²) in [5.41, 5.74) is 10.6. The second kappa shape index (κ2) is 5.92. The van der Waals surface area contributed by atoms with Gasteiger partial charge in [0.15, 0.2) is 5.06 Å². The number of amides is 1. The number of thiophene rings is 1. The third kappa shape index (κ3) is 2.50. The van der Waals surface area contributed by atoms with E-state index in [2.05, 4.69) is 10.1 Å². The Kier molecular flexibility index (Phi) is 3.51. The molecule has 1 aromatic carbocycles. The molecule has 0 atom stereocenters. The zero-order valence-corrected chi connectivity index (χ0v) is 15.4. The predicted octanol–water partition coefficient (Wildman–Crippen LogP) is 3.69. The third-order valence-electron chi connectivity index (χ3n) is 4.88. The molecule has 4 aromatic rings. The maximum atomic E-state index is 12.0. The van der Waals surface area contributed by atoms with Gasteiger partial charge in [0.25, 0.3) is 5.91 Å². The van der Waals surface area contributed by atoms with Crippen molar-refractivity contribution in [3.63, 3.8) is 0 Å². The van der Waals surface area contributed by atoms with E-state index < -0.39 is 5.91 Å². The van der Waals surface area contributed by atoms with Crippen molar-refractivity contribution in [1.82, 2.24) is 14.8 Å². The fraction of sp³-hybridized carbons (Fsp3) is 0.150. The first-order valence-electron chi connectivity index (χ1n) is 8.61. The number of primary amides is 1. The third-order valence-corrected chi connectivity index (χ3v) is 6.00. The van der Waals surface area contributed by atoms with Gasteiger partial charge in [0, 0.05) is 18.6 Å². The number of ether oxygens (including phenoxy) is 1. The van der Waals surface area contributed by atoms with E-state index in [1.54, 1.807) is 6.20 Å². The van der Waals surface area contributed by atoms with Crippen LogP contribution in [0.2, 0.25) is 0 Å². The van der Waals surface area contributed by atoms with Crippen LogP contribution in [0.15, 0.2) is 42.7 Å². The number of hydrogen-bond acceptors (Lipinski definition) is 5. The summed E-state index contributed by atoms with van der Waals surface area (Å²) < 4.78 is 8.07. The molecule has 0 spiro atoms. The maximum absolute atomic E-state index is 12.0. The van der Waals surface area contributed by atoms with E-state index in [1.165, 1.54) is 11.3 Å². The van der Waals surface area contributed by atoms with Gasteiger partial charge in [-0.05, 0) is 48.2 Å². The molecule has 134 valence electrons. The van der Waals surface area contributed by atoms with Gasteiger partial charge < -0.3 is 10.5 Å². The Morgan fingerprint density at radius 1 is 1.30 bits per heavy atom. The molecule has 0 aliphatic heterocycles. The van der Waals surface area contributed by atoms with Crippen LogP contribution < -0.4 is 10.5 Å². The van der Waals surface area contributed by atoms with Crippen LogP contribution in [-0.2, 0) is 19.9 Å². The zero-order valence-electron chi connectivity index (χ0n) is 14.6. The predicted molar refractivity (Wildman–Crippen MR) is 104 cm³/mol. The quantitative estimate of drug-likeness (QED) is 0.591. The molecule has 7 heteroatoms. The molecular weight excluding hydrogens is 360 g/mol. The van der Waals surface area contributed by atoms with Crippen LogP contribution in [-0.4, -0.2) is 20.7 Å². The van der Waals surface area contributed by atoms with Gasteiger partial charge in [-0.1, -0.05) is 17.4 Å². The SMILES string of the molecule is Cn1ncc2c1-c1c(Oc3ccc4ncccc4c3)sc(C(N)=O)c1CC2. The number of nitrogens with zero attached hydrogens (tertiary/aromatic N) is 3. The highest BCUT2D eigenvalue weighted by Crippen LogP contribution is 2.48. The molecule has 1 aliphatic carbocycles. The molecule has 0 bridgehead atoms. The van der Waals surface area contributed by atoms with E-state index in [1.807, 2.05) is 48.3 Å². The number of aryl methyl sites for hydroxylation is 2. The summed E-state index contributed by atoms with van der Waals surface area (Å²) in [6.45, 7) is 0. The molecule has 1 aliphatic rings. The second-order valence-corrected chi connectivity index (χ2v) is 7.52. The van der Waals surface area contributed by atoms with Crippen LogP contribution in [0, 0.1) is 0 Å². The van der Waals surface area contributed by atoms with Crippen LogP contribution in [0.3, 0.4) is 0 Å². The minimum Gasteiger partial charge on any atom is -0.446 e. The normalized spacial score (nSPS) is 12.6. The largest absolute Gasteiger partial charge is 0.446 e. The van der Waals surface area contributed by atoms with Gasteiger partial charge in [-0.25, -0.2) is 0 Å². The van der Waals surface area contributed by atoms with Gasteiger partial charge in [0.2, 0.25) is 0 Å². The van der Waals surface area contributed by atoms with Crippen molar-refractivity contribution in [2.45, 2.75) is 12.8 Å². The fourth-order valence-electron chi connectivity index (χ4n) is 3.66. The van der Waals surface area contributed by atoms with E-state index in [4.69, 9.17) is 10.5 Å². The lowest BCUT2D eigenvalue weighted by Gasteiger charge is -2.16. The summed E-state index contributed by atoms with van der Waals surface area (Å²) in [6.07, 6.45) is 5.25. The van der Waals surface area contributed by atoms with Crippen LogP contribution in [0.25, 0.3) is 22.2 Å². The summed E-state index contributed by atoms with van der Waals surface area (Å²) >= 11 is 1.31. The number of rotatable bonds is 3. The zero-order chi connectivity index (χ0) is 18.5. The molecule has 1 amide bonds. The van der Waals surface area contributed by atoms with Gasteiger partial charge in [-0.2, -0.15) is 5.10 Å². The molecule has 2 N–H and O–H groups in total. The van der Waals surface area contributed by atoms with Crippen LogP contribution in [0.5, 0.6) is 10.8 Å². The van der Waals surface area contributed by atoms with Crippen molar-refractivity contribution in [3.8, 4) is 22.1 Å². The van der Waals surface area contributed by atoms with Crippen LogP contribution in [0.1, 0.15) is 20.8 Å². The molecule has 0 unspecified atom stereocenters. The summed E-state index contributed by atoms with van der Waals surface area (Å²) in [5, 5.41) is 6.05. The lowest BCUT2D eigenvalue weighted by atomic mass is 9.91. The molecule has 0 radical (unpaired) electrons. The number of pyridine rings is 1. The Bertz CT molecular complexity index is 1210. The van der Waals surface area contributed by atoms with E-state index >= 15 is 0 Å². The average Bonchev–Trinajstić information content (AvgIpc) is 3.22. The highest BCUT2D eigenvalue weighted by Gasteiger charge is 2.30. The van der Waals surface area contributed by atoms with Gasteiger partial charge in [-0.3, -0.25) is 14.5 Å². The van der Waals surface area contributed by atoms with E-state index in [-0.39, 0.29) is 0 Å². The Morgan fingerprint density at radius 2 is 2.19 bits per heavy atom. The van der Waals surface area contributed by atoms with E-state index in [0.29, 0.717) is 15.7 Å². The van der Waals surface area contributed by atoms with Crippen molar-refractivity contribution in [2.75, 3.05) is 0 Å². The first-order valence-corrected chi connectivity index (χ1v) is 9.43. The van der Waals surface area contributed by atoms with Gasteiger partial charge in [0.1, 0.15) is 5.75 Å². The van der Waals surface area contributed by atoms with E-state index in [9.17, 15) is 4.79 Å². The number of nitrogens with two attached hydrogens (primary N) is 1. The van der Waals surface area contributed by atoms with Crippen molar-refractivity contribution < 1.29 is 9.53 Å². The van der Waals surface area contributed by atoms with Gasteiger partial charge >= 0.3 is 0 Å². The van der Waals surface area contributed by atoms with Crippen molar-refractivity contribution >= 4 is 28.1 Å². The summed E-state index contributed by atoms with van der Waals surface area (Å²) in [4.78, 5) is 16.9. The molecule has 0 fully saturated rings. The Morgan fingerprint density at radius 3 is 3.04 bits per heavy atom. The van der Waals surface area contributed by atoms with Crippen molar-refractivity contribution in [2.24, 2.45) is 12.8 Å². The standard InChI is InChI=1S/C20H16N4O2S/c1-24-17-12(10-23-24)4-6-14-16(17)20(27-18(14)19(21)25)26-13-5-7-15-11(9-13)3-2-8-22-15/h2-3,5,7-10H,4,6H2,1H3,(H2,21,25).